The summed E-state index contributed by atoms with van der Waals surface area (Å²) >= 11 is 0. The Morgan fingerprint density at radius 3 is 3.00 bits per heavy atom. The number of piperidine rings is 1. The van der Waals surface area contributed by atoms with E-state index in [1.807, 2.05) is 0 Å². The number of nitro groups is 1. The van der Waals surface area contributed by atoms with Crippen LogP contribution in [0.3, 0.4) is 0 Å². The van der Waals surface area contributed by atoms with E-state index >= 15 is 0 Å². The predicted octanol–water partition coefficient (Wildman–Crippen LogP) is 2.76. The van der Waals surface area contributed by atoms with Crippen LogP contribution in [0, 0.1) is 16.0 Å². The largest absolute Gasteiger partial charge is 0.389 e. The molecule has 3 rings (SSSR count). The lowest BCUT2D eigenvalue weighted by molar-refractivity contribution is -0.384. The lowest BCUT2D eigenvalue weighted by atomic mass is 9.71. The molecule has 2 fully saturated rings. The van der Waals surface area contributed by atoms with Gasteiger partial charge in [0, 0.05) is 37.2 Å². The molecule has 1 heterocycles. The molecule has 1 saturated heterocycles. The number of amides is 1. The second-order valence-electron chi connectivity index (χ2n) is 6.77. The highest BCUT2D eigenvalue weighted by molar-refractivity contribution is 5.92. The molecule has 2 atom stereocenters. The van der Waals surface area contributed by atoms with Crippen molar-refractivity contribution in [3.05, 3.63) is 46.0 Å². The number of non-ortho nitro benzene ring substituents is 1. The van der Waals surface area contributed by atoms with Crippen molar-refractivity contribution in [2.24, 2.45) is 5.92 Å². The van der Waals surface area contributed by atoms with Gasteiger partial charge in [-0.05, 0) is 30.9 Å². The van der Waals surface area contributed by atoms with Gasteiger partial charge in [0.15, 0.2) is 0 Å². The van der Waals surface area contributed by atoms with E-state index in [2.05, 4.69) is 0 Å². The Morgan fingerprint density at radius 1 is 1.38 bits per heavy atom. The Kier molecular flexibility index (Phi) is 4.66. The van der Waals surface area contributed by atoms with E-state index in [-0.39, 0.29) is 17.5 Å². The van der Waals surface area contributed by atoms with E-state index in [4.69, 9.17) is 0 Å². The zero-order valence-corrected chi connectivity index (χ0v) is 13.6. The monoisotopic (exact) mass is 330 g/mol. The summed E-state index contributed by atoms with van der Waals surface area (Å²) in [6.45, 7) is 1.15. The fourth-order valence-corrected chi connectivity index (χ4v) is 3.79. The lowest BCUT2D eigenvalue weighted by Crippen LogP contribution is -2.54. The van der Waals surface area contributed by atoms with Gasteiger partial charge in [-0.1, -0.05) is 25.0 Å². The Bertz CT molecular complexity index is 673. The van der Waals surface area contributed by atoms with E-state index in [1.54, 1.807) is 23.1 Å². The van der Waals surface area contributed by atoms with Crippen LogP contribution in [0.5, 0.6) is 0 Å². The van der Waals surface area contributed by atoms with Crippen LogP contribution < -0.4 is 0 Å². The average Bonchev–Trinajstić information content (AvgIpc) is 2.59. The van der Waals surface area contributed by atoms with Crippen molar-refractivity contribution >= 4 is 17.7 Å². The molecule has 1 aromatic carbocycles. The number of hydrogen-bond acceptors (Lipinski definition) is 4. The van der Waals surface area contributed by atoms with Crippen molar-refractivity contribution in [2.45, 2.75) is 37.7 Å². The number of likely N-dealkylation sites (tertiary alicyclic amines) is 1. The first-order valence-electron chi connectivity index (χ1n) is 8.42. The first-order chi connectivity index (χ1) is 11.5. The van der Waals surface area contributed by atoms with Crippen LogP contribution in [0.2, 0.25) is 0 Å². The minimum atomic E-state index is -0.598. The van der Waals surface area contributed by atoms with Gasteiger partial charge in [0.1, 0.15) is 0 Å². The molecule has 0 unspecified atom stereocenters. The van der Waals surface area contributed by atoms with Crippen LogP contribution in [0.1, 0.15) is 37.7 Å². The maximum atomic E-state index is 12.4. The van der Waals surface area contributed by atoms with Crippen LogP contribution in [0.4, 0.5) is 5.69 Å². The molecule has 2 aliphatic rings. The third kappa shape index (κ3) is 3.48. The molecule has 6 heteroatoms. The number of rotatable bonds is 3. The van der Waals surface area contributed by atoms with Gasteiger partial charge in [-0.15, -0.1) is 0 Å². The van der Waals surface area contributed by atoms with Gasteiger partial charge < -0.3 is 10.0 Å². The van der Waals surface area contributed by atoms with Gasteiger partial charge in [-0.25, -0.2) is 0 Å². The average molecular weight is 330 g/mol. The quantitative estimate of drug-likeness (QED) is 0.525. The highest BCUT2D eigenvalue weighted by Gasteiger charge is 2.43. The highest BCUT2D eigenvalue weighted by atomic mass is 16.6. The Balaban J connectivity index is 1.65. The summed E-state index contributed by atoms with van der Waals surface area (Å²) in [4.78, 5) is 24.5. The third-order valence-electron chi connectivity index (χ3n) is 5.24. The van der Waals surface area contributed by atoms with E-state index in [9.17, 15) is 20.0 Å². The summed E-state index contributed by atoms with van der Waals surface area (Å²) in [5, 5.41) is 21.4. The molecule has 1 N–H and O–H groups in total. The smallest absolute Gasteiger partial charge is 0.270 e. The van der Waals surface area contributed by atoms with E-state index < -0.39 is 10.5 Å². The molecule has 24 heavy (non-hydrogen) atoms. The van der Waals surface area contributed by atoms with Crippen molar-refractivity contribution in [3.63, 3.8) is 0 Å². The number of carbonyl (C=O) groups is 1. The minimum Gasteiger partial charge on any atom is -0.389 e. The van der Waals surface area contributed by atoms with E-state index in [0.29, 0.717) is 25.1 Å². The molecule has 0 spiro atoms. The summed E-state index contributed by atoms with van der Waals surface area (Å²) in [6, 6.07) is 6.20. The summed E-state index contributed by atoms with van der Waals surface area (Å²) in [5.41, 5.74) is 0.0391. The molecule has 1 amide bonds. The van der Waals surface area contributed by atoms with E-state index in [0.717, 1.165) is 25.7 Å². The standard InChI is InChI=1S/C18H22N2O4/c21-17(8-7-14-4-3-6-16(12-14)20(23)24)19-11-10-18(22)9-2-1-5-15(18)13-19/h3-4,6-8,12,15,22H,1-2,5,9-11,13H2/b8-7+/t15-,18+/m1/s1. The van der Waals surface area contributed by atoms with Crippen molar-refractivity contribution in [1.82, 2.24) is 4.90 Å². The second kappa shape index (κ2) is 6.73. The van der Waals surface area contributed by atoms with Crippen LogP contribution in [-0.4, -0.2) is 39.5 Å². The number of nitro benzene ring substituents is 1. The van der Waals surface area contributed by atoms with Crippen molar-refractivity contribution in [1.29, 1.82) is 0 Å². The highest BCUT2D eigenvalue weighted by Crippen LogP contribution is 2.39. The zero-order chi connectivity index (χ0) is 17.2. The summed E-state index contributed by atoms with van der Waals surface area (Å²) < 4.78 is 0. The molecule has 6 nitrogen and oxygen atoms in total. The van der Waals surface area contributed by atoms with Crippen LogP contribution >= 0.6 is 0 Å². The number of nitrogens with zero attached hydrogens (tertiary/aromatic N) is 2. The number of aliphatic hydroxyl groups is 1. The lowest BCUT2D eigenvalue weighted by Gasteiger charge is -2.47. The molecule has 1 aliphatic heterocycles. The first-order valence-corrected chi connectivity index (χ1v) is 8.42. The maximum Gasteiger partial charge on any atom is 0.270 e. The number of fused-ring (bicyclic) bond motifs is 1. The molecule has 0 radical (unpaired) electrons. The van der Waals surface area contributed by atoms with Gasteiger partial charge in [0.25, 0.3) is 5.69 Å². The molecule has 1 aliphatic carbocycles. The molecule has 1 aromatic rings. The Hall–Kier alpha value is -2.21. The topological polar surface area (TPSA) is 83.7 Å². The molecule has 128 valence electrons. The third-order valence-corrected chi connectivity index (χ3v) is 5.24. The fraction of sp³-hybridized carbons (Fsp3) is 0.500. The van der Waals surface area contributed by atoms with Crippen molar-refractivity contribution in [3.8, 4) is 0 Å². The van der Waals surface area contributed by atoms with Crippen LogP contribution in [0.25, 0.3) is 6.08 Å². The summed E-state index contributed by atoms with van der Waals surface area (Å²) in [5.74, 6) is 0.0595. The van der Waals surface area contributed by atoms with Gasteiger partial charge in [-0.3, -0.25) is 14.9 Å². The van der Waals surface area contributed by atoms with Gasteiger partial charge >= 0.3 is 0 Å². The SMILES string of the molecule is O=C(/C=C/c1cccc([N+](=O)[O-])c1)N1CC[C@@]2(O)CCCC[C@@H]2C1. The predicted molar refractivity (Wildman–Crippen MR) is 90.2 cm³/mol. The van der Waals surface area contributed by atoms with Crippen molar-refractivity contribution in [2.75, 3.05) is 13.1 Å². The molecular formula is C18H22N2O4. The number of benzene rings is 1. The maximum absolute atomic E-state index is 12.4. The number of hydrogen-bond donors (Lipinski definition) is 1. The van der Waals surface area contributed by atoms with E-state index in [1.165, 1.54) is 18.2 Å². The first kappa shape index (κ1) is 16.6. The fourth-order valence-electron chi connectivity index (χ4n) is 3.79. The van der Waals surface area contributed by atoms with Crippen molar-refractivity contribution < 1.29 is 14.8 Å². The molecule has 0 aromatic heterocycles. The minimum absolute atomic E-state index is 0.00911. The van der Waals surface area contributed by atoms with Gasteiger partial charge in [0.05, 0.1) is 10.5 Å². The molecular weight excluding hydrogens is 308 g/mol. The summed E-state index contributed by atoms with van der Waals surface area (Å²) in [7, 11) is 0. The van der Waals surface area contributed by atoms with Crippen LogP contribution in [0.15, 0.2) is 30.3 Å². The molecule has 0 bridgehead atoms. The van der Waals surface area contributed by atoms with Gasteiger partial charge in [0.2, 0.25) is 5.91 Å². The van der Waals surface area contributed by atoms with Crippen LogP contribution in [-0.2, 0) is 4.79 Å². The summed E-state index contributed by atoms with van der Waals surface area (Å²) in [6.07, 6.45) is 7.68. The Morgan fingerprint density at radius 2 is 2.21 bits per heavy atom. The van der Waals surface area contributed by atoms with Gasteiger partial charge in [-0.2, -0.15) is 0 Å². The molecule has 1 saturated carbocycles. The number of carbonyl (C=O) groups excluding carboxylic acids is 1. The second-order valence-corrected chi connectivity index (χ2v) is 6.77. The normalized spacial score (nSPS) is 27.0. The Labute approximate surface area is 140 Å². The zero-order valence-electron chi connectivity index (χ0n) is 13.6.